The van der Waals surface area contributed by atoms with Gasteiger partial charge in [-0.05, 0) is 36.3 Å². The topological polar surface area (TPSA) is 73.8 Å². The van der Waals surface area contributed by atoms with E-state index < -0.39 is 0 Å². The predicted molar refractivity (Wildman–Crippen MR) is 104 cm³/mol. The maximum absolute atomic E-state index is 12.8. The molecule has 6 nitrogen and oxygen atoms in total. The van der Waals surface area contributed by atoms with E-state index in [1.807, 2.05) is 17.5 Å². The first kappa shape index (κ1) is 16.2. The molecular weight excluding hydrogens is 388 g/mol. The van der Waals surface area contributed by atoms with Crippen LogP contribution in [0.3, 0.4) is 0 Å². The molecule has 0 saturated carbocycles. The lowest BCUT2D eigenvalue weighted by atomic mass is 10.2. The molecule has 0 bridgehead atoms. The highest BCUT2D eigenvalue weighted by Crippen LogP contribution is 2.35. The second-order valence-electron chi connectivity index (χ2n) is 6.07. The first-order valence-electron chi connectivity index (χ1n) is 8.21. The van der Waals surface area contributed by atoms with Crippen LogP contribution in [0.4, 0.5) is 0 Å². The maximum atomic E-state index is 12.8. The third-order valence-corrected chi connectivity index (χ3v) is 7.51. The van der Waals surface area contributed by atoms with Crippen LogP contribution in [0.2, 0.25) is 0 Å². The third kappa shape index (κ3) is 2.62. The van der Waals surface area contributed by atoms with E-state index >= 15 is 0 Å². The largest absolute Gasteiger partial charge is 0.338 e. The van der Waals surface area contributed by atoms with Gasteiger partial charge in [-0.3, -0.25) is 9.36 Å². The summed E-state index contributed by atoms with van der Waals surface area (Å²) in [6.07, 6.45) is 3.20. The van der Waals surface area contributed by atoms with E-state index in [0.29, 0.717) is 22.6 Å². The van der Waals surface area contributed by atoms with Gasteiger partial charge in [-0.15, -0.1) is 22.7 Å². The molecule has 1 aliphatic rings. The van der Waals surface area contributed by atoms with Crippen LogP contribution in [0.1, 0.15) is 22.8 Å². The molecule has 0 fully saturated rings. The van der Waals surface area contributed by atoms with Gasteiger partial charge in [0.25, 0.3) is 5.56 Å². The molecule has 0 spiro atoms. The van der Waals surface area contributed by atoms with Crippen LogP contribution in [-0.4, -0.2) is 19.7 Å². The summed E-state index contributed by atoms with van der Waals surface area (Å²) in [5, 5.41) is 7.49. The van der Waals surface area contributed by atoms with E-state index in [1.165, 1.54) is 22.2 Å². The van der Waals surface area contributed by atoms with E-state index in [-0.39, 0.29) is 5.56 Å². The van der Waals surface area contributed by atoms with Gasteiger partial charge in [-0.25, -0.2) is 4.98 Å². The number of nitrogens with zero attached hydrogens (tertiary/aromatic N) is 4. The van der Waals surface area contributed by atoms with E-state index in [9.17, 15) is 4.79 Å². The molecule has 26 heavy (non-hydrogen) atoms. The maximum Gasteiger partial charge on any atom is 0.262 e. The first-order valence-corrected chi connectivity index (χ1v) is 10.9. The lowest BCUT2D eigenvalue weighted by Crippen LogP contribution is -2.20. The summed E-state index contributed by atoms with van der Waals surface area (Å²) < 4.78 is 6.96. The molecule has 9 heteroatoms. The van der Waals surface area contributed by atoms with E-state index in [2.05, 4.69) is 10.1 Å². The molecule has 4 heterocycles. The zero-order valence-corrected chi connectivity index (χ0v) is 16.3. The lowest BCUT2D eigenvalue weighted by molar-refractivity contribution is 0.391. The molecule has 0 unspecified atom stereocenters. The number of thiophene rings is 2. The number of hydrogen-bond donors (Lipinski definition) is 0. The van der Waals surface area contributed by atoms with Gasteiger partial charge in [0, 0.05) is 11.9 Å². The molecule has 132 valence electrons. The average Bonchev–Trinajstić information content (AvgIpc) is 3.40. The Bertz CT molecular complexity index is 1160. The Morgan fingerprint density at radius 3 is 3.12 bits per heavy atom. The quantitative estimate of drug-likeness (QED) is 0.381. The number of fused-ring (bicyclic) bond motifs is 3. The van der Waals surface area contributed by atoms with Crippen LogP contribution < -0.4 is 5.56 Å². The van der Waals surface area contributed by atoms with Crippen molar-refractivity contribution in [3.63, 3.8) is 0 Å². The fourth-order valence-electron chi connectivity index (χ4n) is 3.18. The van der Waals surface area contributed by atoms with Crippen molar-refractivity contribution < 1.29 is 4.52 Å². The molecule has 1 aliphatic carbocycles. The predicted octanol–water partition coefficient (Wildman–Crippen LogP) is 3.89. The minimum Gasteiger partial charge on any atom is -0.338 e. The van der Waals surface area contributed by atoms with Crippen LogP contribution >= 0.6 is 34.4 Å². The molecule has 0 atom stereocenters. The molecule has 4 aromatic heterocycles. The average molecular weight is 403 g/mol. The first-order chi connectivity index (χ1) is 12.7. The van der Waals surface area contributed by atoms with Gasteiger partial charge in [-0.1, -0.05) is 23.0 Å². The number of thioether (sulfide) groups is 1. The SMILES string of the molecule is Cn1c(SCc2nc(-c3cccs3)no2)nc2sc3c(c2c1=O)CCC3. The van der Waals surface area contributed by atoms with E-state index in [1.54, 1.807) is 34.3 Å². The zero-order valence-electron chi connectivity index (χ0n) is 13.9. The van der Waals surface area contributed by atoms with Gasteiger partial charge >= 0.3 is 0 Å². The molecule has 0 aliphatic heterocycles. The molecule has 0 saturated heterocycles. The fourth-order valence-corrected chi connectivity index (χ4v) is 5.94. The van der Waals surface area contributed by atoms with Crippen LogP contribution in [0.5, 0.6) is 0 Å². The number of hydrogen-bond acceptors (Lipinski definition) is 8. The molecule has 0 N–H and O–H groups in total. The second kappa shape index (κ2) is 6.33. The highest BCUT2D eigenvalue weighted by atomic mass is 32.2. The Hall–Kier alpha value is -1.97. The Morgan fingerprint density at radius 2 is 2.27 bits per heavy atom. The molecule has 0 radical (unpaired) electrons. The normalized spacial score (nSPS) is 13.6. The summed E-state index contributed by atoms with van der Waals surface area (Å²) in [5.74, 6) is 1.61. The Balaban J connectivity index is 1.43. The van der Waals surface area contributed by atoms with E-state index in [0.717, 1.165) is 34.4 Å². The molecular formula is C17H14N4O2S3. The summed E-state index contributed by atoms with van der Waals surface area (Å²) in [5.41, 5.74) is 1.26. The van der Waals surface area contributed by atoms with E-state index in [4.69, 9.17) is 9.51 Å². The molecule has 0 aromatic carbocycles. The molecule has 5 rings (SSSR count). The van der Waals surface area contributed by atoms with Crippen molar-refractivity contribution >= 4 is 44.7 Å². The second-order valence-corrected chi connectivity index (χ2v) is 9.05. The van der Waals surface area contributed by atoms with Crippen molar-refractivity contribution in [2.75, 3.05) is 0 Å². The smallest absolute Gasteiger partial charge is 0.262 e. The molecule has 4 aromatic rings. The van der Waals surface area contributed by atoms with Crippen LogP contribution in [0.15, 0.2) is 32.0 Å². The van der Waals surface area contributed by atoms with Gasteiger partial charge < -0.3 is 4.52 Å². The fraction of sp³-hybridized carbons (Fsp3) is 0.294. The Kier molecular flexibility index (Phi) is 3.95. The van der Waals surface area contributed by atoms with Crippen molar-refractivity contribution in [2.45, 2.75) is 30.2 Å². The zero-order chi connectivity index (χ0) is 17.7. The third-order valence-electron chi connectivity index (χ3n) is 4.44. The van der Waals surface area contributed by atoms with Gasteiger partial charge in [0.2, 0.25) is 11.7 Å². The standard InChI is InChI=1S/C17H14N4O2S3/c1-21-16(22)13-9-4-2-5-10(9)26-15(13)19-17(21)25-8-12-18-14(20-23-12)11-6-3-7-24-11/h3,6-7H,2,4-5,8H2,1H3. The van der Waals surface area contributed by atoms with Crippen LogP contribution in [0.25, 0.3) is 20.9 Å². The summed E-state index contributed by atoms with van der Waals surface area (Å²) >= 11 is 4.68. The van der Waals surface area contributed by atoms with Crippen molar-refractivity contribution in [1.29, 1.82) is 0 Å². The van der Waals surface area contributed by atoms with Crippen molar-refractivity contribution in [1.82, 2.24) is 19.7 Å². The van der Waals surface area contributed by atoms with Gasteiger partial charge in [0.15, 0.2) is 5.16 Å². The summed E-state index contributed by atoms with van der Waals surface area (Å²) in [6.45, 7) is 0. The summed E-state index contributed by atoms with van der Waals surface area (Å²) in [4.78, 5) is 25.1. The summed E-state index contributed by atoms with van der Waals surface area (Å²) in [6, 6.07) is 3.92. The Labute approximate surface area is 160 Å². The molecule has 0 amide bonds. The van der Waals surface area contributed by atoms with Gasteiger partial charge in [0.1, 0.15) is 4.83 Å². The van der Waals surface area contributed by atoms with Crippen molar-refractivity contribution in [3.8, 4) is 10.7 Å². The summed E-state index contributed by atoms with van der Waals surface area (Å²) in [7, 11) is 1.78. The van der Waals surface area contributed by atoms with Gasteiger partial charge in [0.05, 0.1) is 16.0 Å². The number of aromatic nitrogens is 4. The van der Waals surface area contributed by atoms with Crippen LogP contribution in [0, 0.1) is 0 Å². The monoisotopic (exact) mass is 402 g/mol. The highest BCUT2D eigenvalue weighted by Gasteiger charge is 2.22. The minimum absolute atomic E-state index is 0.0432. The van der Waals surface area contributed by atoms with Crippen LogP contribution in [-0.2, 0) is 25.6 Å². The highest BCUT2D eigenvalue weighted by molar-refractivity contribution is 7.98. The minimum atomic E-state index is 0.0432. The van der Waals surface area contributed by atoms with Gasteiger partial charge in [-0.2, -0.15) is 4.98 Å². The van der Waals surface area contributed by atoms with Crippen molar-refractivity contribution in [2.24, 2.45) is 7.05 Å². The number of aryl methyl sites for hydroxylation is 2. The Morgan fingerprint density at radius 1 is 1.35 bits per heavy atom. The number of rotatable bonds is 4. The lowest BCUT2D eigenvalue weighted by Gasteiger charge is -2.06. The van der Waals surface area contributed by atoms with Crippen molar-refractivity contribution in [3.05, 3.63) is 44.2 Å².